The first kappa shape index (κ1) is 25.7. The maximum absolute atomic E-state index is 13.1. The van der Waals surface area contributed by atoms with Crippen molar-refractivity contribution >= 4 is 27.0 Å². The van der Waals surface area contributed by atoms with Crippen LogP contribution in [0, 0.1) is 0 Å². The van der Waals surface area contributed by atoms with Gasteiger partial charge in [-0.25, -0.2) is 17.7 Å². The Kier molecular flexibility index (Phi) is 7.04. The Bertz CT molecular complexity index is 1240. The van der Waals surface area contributed by atoms with E-state index >= 15 is 0 Å². The van der Waals surface area contributed by atoms with Crippen LogP contribution in [0.2, 0.25) is 0 Å². The molecule has 0 radical (unpaired) electrons. The molecule has 2 fully saturated rings. The van der Waals surface area contributed by atoms with Gasteiger partial charge in [0.1, 0.15) is 5.65 Å². The van der Waals surface area contributed by atoms with Gasteiger partial charge in [-0.3, -0.25) is 9.36 Å². The average molecular weight is 516 g/mol. The second-order valence-electron chi connectivity index (χ2n) is 9.71. The van der Waals surface area contributed by atoms with Gasteiger partial charge in [-0.15, -0.1) is 0 Å². The van der Waals surface area contributed by atoms with Crippen LogP contribution in [0.5, 0.6) is 5.75 Å². The highest BCUT2D eigenvalue weighted by Gasteiger charge is 2.40. The van der Waals surface area contributed by atoms with Crippen LogP contribution in [0.25, 0.3) is 11.0 Å². The zero-order valence-corrected chi connectivity index (χ0v) is 20.8. The van der Waals surface area contributed by atoms with Crippen LogP contribution in [-0.2, 0) is 10.0 Å². The normalized spacial score (nSPS) is 24.5. The molecule has 194 valence electrons. The van der Waals surface area contributed by atoms with Gasteiger partial charge in [0.25, 0.3) is 5.56 Å². The van der Waals surface area contributed by atoms with Crippen LogP contribution in [0.4, 0.5) is 14.7 Å². The number of halogens is 2. The predicted octanol–water partition coefficient (Wildman–Crippen LogP) is 2.48. The minimum Gasteiger partial charge on any atom is -0.429 e. The number of hydrogen-bond acceptors (Lipinski definition) is 8. The number of hydrogen-bond donors (Lipinski definition) is 2. The number of alkyl halides is 2. The zero-order valence-electron chi connectivity index (χ0n) is 19.9. The molecule has 2 aromatic rings. The fourth-order valence-electron chi connectivity index (χ4n) is 4.91. The van der Waals surface area contributed by atoms with E-state index in [1.54, 1.807) is 20.8 Å². The number of sulfonamides is 1. The number of aliphatic hydroxyl groups is 1. The Balaban J connectivity index is 1.64. The standard InChI is InChI=1S/C22H31F2N5O5S/c1-13(2)35(32,33)28-9-6-15(7-10-28)26-21-25-12-14-11-16(34-20(23)24)19(30)29(18(14)27-21)17-5-4-8-22(17,3)31/h11-13,15,17,20,31H,4-10H2,1-3H3,(H,25,26,27)/t17-,22-/m1/s1. The molecular weight excluding hydrogens is 484 g/mol. The van der Waals surface area contributed by atoms with Crippen molar-refractivity contribution in [1.29, 1.82) is 0 Å². The lowest BCUT2D eigenvalue weighted by atomic mass is 10.00. The molecule has 0 unspecified atom stereocenters. The third-order valence-corrected chi connectivity index (χ3v) is 9.17. The minimum absolute atomic E-state index is 0.0812. The van der Waals surface area contributed by atoms with E-state index in [0.29, 0.717) is 50.6 Å². The van der Waals surface area contributed by atoms with Gasteiger partial charge in [-0.1, -0.05) is 0 Å². The van der Waals surface area contributed by atoms with Crippen molar-refractivity contribution in [3.8, 4) is 5.75 Å². The van der Waals surface area contributed by atoms with Crippen LogP contribution < -0.4 is 15.6 Å². The molecule has 0 amide bonds. The summed E-state index contributed by atoms with van der Waals surface area (Å²) in [5.41, 5.74) is -1.80. The number of piperidine rings is 1. The average Bonchev–Trinajstić information content (AvgIpc) is 3.13. The third kappa shape index (κ3) is 5.12. The van der Waals surface area contributed by atoms with E-state index in [-0.39, 0.29) is 17.6 Å². The number of fused-ring (bicyclic) bond motifs is 1. The van der Waals surface area contributed by atoms with Gasteiger partial charge in [-0.05, 0) is 58.9 Å². The molecule has 35 heavy (non-hydrogen) atoms. The molecule has 2 aromatic heterocycles. The minimum atomic E-state index is -3.32. The molecule has 0 spiro atoms. The maximum Gasteiger partial charge on any atom is 0.387 e. The molecule has 13 heteroatoms. The summed E-state index contributed by atoms with van der Waals surface area (Å²) >= 11 is 0. The smallest absolute Gasteiger partial charge is 0.387 e. The number of pyridine rings is 1. The fraction of sp³-hybridized carbons (Fsp3) is 0.682. The van der Waals surface area contributed by atoms with E-state index in [4.69, 9.17) is 0 Å². The van der Waals surface area contributed by atoms with Crippen LogP contribution >= 0.6 is 0 Å². The molecular formula is C22H31F2N5O5S. The maximum atomic E-state index is 13.1. The second-order valence-corrected chi connectivity index (χ2v) is 12.2. The molecule has 1 saturated carbocycles. The lowest BCUT2D eigenvalue weighted by molar-refractivity contribution is -0.0513. The first-order valence-corrected chi connectivity index (χ1v) is 13.3. The molecule has 1 saturated heterocycles. The van der Waals surface area contributed by atoms with E-state index in [0.717, 1.165) is 0 Å². The highest BCUT2D eigenvalue weighted by atomic mass is 32.2. The van der Waals surface area contributed by atoms with Crippen molar-refractivity contribution in [2.45, 2.75) is 82.4 Å². The molecule has 4 rings (SSSR count). The lowest BCUT2D eigenvalue weighted by Gasteiger charge is -2.32. The van der Waals surface area contributed by atoms with Gasteiger partial charge in [0.05, 0.1) is 16.9 Å². The number of anilines is 1. The largest absolute Gasteiger partial charge is 0.429 e. The number of nitrogens with zero attached hydrogens (tertiary/aromatic N) is 4. The van der Waals surface area contributed by atoms with Crippen LogP contribution in [0.1, 0.15) is 58.9 Å². The van der Waals surface area contributed by atoms with Gasteiger partial charge in [0.2, 0.25) is 16.0 Å². The van der Waals surface area contributed by atoms with Crippen molar-refractivity contribution in [2.24, 2.45) is 0 Å². The summed E-state index contributed by atoms with van der Waals surface area (Å²) in [4.78, 5) is 21.9. The molecule has 2 atom stereocenters. The van der Waals surface area contributed by atoms with Gasteiger partial charge >= 0.3 is 6.61 Å². The molecule has 1 aliphatic carbocycles. The van der Waals surface area contributed by atoms with Crippen LogP contribution in [0.15, 0.2) is 17.1 Å². The summed E-state index contributed by atoms with van der Waals surface area (Å²) < 4.78 is 57.9. The van der Waals surface area contributed by atoms with E-state index in [1.807, 2.05) is 0 Å². The first-order chi connectivity index (χ1) is 16.4. The third-order valence-electron chi connectivity index (χ3n) is 6.89. The summed E-state index contributed by atoms with van der Waals surface area (Å²) in [6, 6.07) is 0.441. The van der Waals surface area contributed by atoms with Crippen LogP contribution in [-0.4, -0.2) is 69.0 Å². The molecule has 10 nitrogen and oxygen atoms in total. The number of ether oxygens (including phenoxy) is 1. The molecule has 2 aliphatic rings. The van der Waals surface area contributed by atoms with E-state index in [1.165, 1.54) is 21.1 Å². The highest BCUT2D eigenvalue weighted by Crippen LogP contribution is 2.40. The Morgan fingerprint density at radius 1 is 1.26 bits per heavy atom. The van der Waals surface area contributed by atoms with E-state index in [9.17, 15) is 27.1 Å². The fourth-order valence-corrected chi connectivity index (χ4v) is 6.22. The molecule has 1 aliphatic heterocycles. The van der Waals surface area contributed by atoms with Gasteiger partial charge in [-0.2, -0.15) is 13.8 Å². The SMILES string of the molecule is CC(C)S(=O)(=O)N1CCC(Nc2ncc3cc(OC(F)F)c(=O)n([C@@H]4CCC[C@@]4(C)O)c3n2)CC1. The highest BCUT2D eigenvalue weighted by molar-refractivity contribution is 7.89. The summed E-state index contributed by atoms with van der Waals surface area (Å²) in [6.45, 7) is 2.49. The molecule has 0 aromatic carbocycles. The van der Waals surface area contributed by atoms with Crippen molar-refractivity contribution < 1.29 is 27.0 Å². The number of rotatable bonds is 7. The quantitative estimate of drug-likeness (QED) is 0.576. The summed E-state index contributed by atoms with van der Waals surface area (Å²) in [5, 5.41) is 13.9. The van der Waals surface area contributed by atoms with Gasteiger partial charge in [0, 0.05) is 30.7 Å². The van der Waals surface area contributed by atoms with Crippen molar-refractivity contribution in [1.82, 2.24) is 18.8 Å². The van der Waals surface area contributed by atoms with E-state index in [2.05, 4.69) is 20.0 Å². The zero-order chi connectivity index (χ0) is 25.5. The van der Waals surface area contributed by atoms with E-state index < -0.39 is 44.8 Å². The Labute approximate surface area is 202 Å². The van der Waals surface area contributed by atoms with Crippen molar-refractivity contribution in [3.05, 3.63) is 22.6 Å². The van der Waals surface area contributed by atoms with Gasteiger partial charge < -0.3 is 15.2 Å². The predicted molar refractivity (Wildman–Crippen MR) is 126 cm³/mol. The number of aromatic nitrogens is 3. The number of nitrogens with one attached hydrogen (secondary N) is 1. The van der Waals surface area contributed by atoms with Crippen molar-refractivity contribution in [2.75, 3.05) is 18.4 Å². The van der Waals surface area contributed by atoms with Crippen molar-refractivity contribution in [3.63, 3.8) is 0 Å². The summed E-state index contributed by atoms with van der Waals surface area (Å²) in [7, 11) is -3.32. The molecule has 3 heterocycles. The molecule has 0 bridgehead atoms. The van der Waals surface area contributed by atoms with Crippen LogP contribution in [0.3, 0.4) is 0 Å². The summed E-state index contributed by atoms with van der Waals surface area (Å²) in [5.74, 6) is -0.297. The van der Waals surface area contributed by atoms with Gasteiger partial charge in [0.15, 0.2) is 5.75 Å². The first-order valence-electron chi connectivity index (χ1n) is 11.7. The Morgan fingerprint density at radius 3 is 2.51 bits per heavy atom. The molecule has 2 N–H and O–H groups in total. The topological polar surface area (TPSA) is 127 Å². The Morgan fingerprint density at radius 2 is 1.94 bits per heavy atom. The second kappa shape index (κ2) is 9.58. The Hall–Kier alpha value is -2.38. The lowest BCUT2D eigenvalue weighted by Crippen LogP contribution is -2.45. The summed E-state index contributed by atoms with van der Waals surface area (Å²) in [6.07, 6.45) is 4.13. The monoisotopic (exact) mass is 515 g/mol.